The van der Waals surface area contributed by atoms with Crippen molar-refractivity contribution in [1.29, 1.82) is 0 Å². The van der Waals surface area contributed by atoms with Gasteiger partial charge in [-0.3, -0.25) is 9.59 Å². The van der Waals surface area contributed by atoms with Crippen LogP contribution >= 0.6 is 0 Å². The molecular formula is C27H28N2O6. The van der Waals surface area contributed by atoms with Gasteiger partial charge in [-0.2, -0.15) is 0 Å². The van der Waals surface area contributed by atoms with Crippen LogP contribution < -0.4 is 24.3 Å². The Bertz CT molecular complexity index is 1180. The first kappa shape index (κ1) is 23.9. The van der Waals surface area contributed by atoms with Crippen LogP contribution in [0.4, 0.5) is 5.69 Å². The maximum absolute atomic E-state index is 12.9. The van der Waals surface area contributed by atoms with E-state index in [1.165, 1.54) is 14.2 Å². The van der Waals surface area contributed by atoms with Crippen molar-refractivity contribution in [2.45, 2.75) is 19.6 Å². The Morgan fingerprint density at radius 1 is 1.00 bits per heavy atom. The Hall–Kier alpha value is -4.20. The third-order valence-corrected chi connectivity index (χ3v) is 5.63. The second-order valence-electron chi connectivity index (χ2n) is 8.06. The van der Waals surface area contributed by atoms with E-state index in [0.717, 1.165) is 11.3 Å². The van der Waals surface area contributed by atoms with Crippen molar-refractivity contribution in [3.8, 4) is 23.0 Å². The van der Waals surface area contributed by atoms with E-state index in [1.807, 2.05) is 36.4 Å². The van der Waals surface area contributed by atoms with E-state index >= 15 is 0 Å². The number of benzene rings is 3. The molecule has 1 aliphatic rings. The van der Waals surface area contributed by atoms with Gasteiger partial charge >= 0.3 is 0 Å². The highest BCUT2D eigenvalue weighted by molar-refractivity contribution is 6.05. The molecule has 8 nitrogen and oxygen atoms in total. The van der Waals surface area contributed by atoms with Crippen LogP contribution in [0.15, 0.2) is 66.7 Å². The van der Waals surface area contributed by atoms with Gasteiger partial charge < -0.3 is 29.2 Å². The molecular weight excluding hydrogens is 448 g/mol. The average Bonchev–Trinajstić information content (AvgIpc) is 3.00. The third kappa shape index (κ3) is 5.84. The van der Waals surface area contributed by atoms with Gasteiger partial charge in [0.25, 0.3) is 11.8 Å². The minimum Gasteiger partial charge on any atom is -0.497 e. The second-order valence-corrected chi connectivity index (χ2v) is 8.06. The highest BCUT2D eigenvalue weighted by Crippen LogP contribution is 2.29. The minimum absolute atomic E-state index is 0.119. The van der Waals surface area contributed by atoms with Crippen molar-refractivity contribution < 1.29 is 28.5 Å². The lowest BCUT2D eigenvalue weighted by Crippen LogP contribution is -2.40. The molecule has 1 heterocycles. The number of carbonyl (C=O) groups excluding carboxylic acids is 2. The molecule has 4 rings (SSSR count). The number of ether oxygens (including phenoxy) is 4. The van der Waals surface area contributed by atoms with Gasteiger partial charge in [0.2, 0.25) is 0 Å². The number of methoxy groups -OCH3 is 2. The first-order valence-electron chi connectivity index (χ1n) is 11.3. The molecule has 2 amide bonds. The summed E-state index contributed by atoms with van der Waals surface area (Å²) in [5.41, 5.74) is 1.78. The number of anilines is 1. The molecule has 0 aliphatic carbocycles. The van der Waals surface area contributed by atoms with E-state index in [1.54, 1.807) is 42.2 Å². The molecule has 182 valence electrons. The summed E-state index contributed by atoms with van der Waals surface area (Å²) in [4.78, 5) is 27.5. The lowest BCUT2D eigenvalue weighted by molar-refractivity contribution is -0.138. The van der Waals surface area contributed by atoms with Crippen molar-refractivity contribution in [3.05, 3.63) is 77.9 Å². The van der Waals surface area contributed by atoms with E-state index in [-0.39, 0.29) is 11.8 Å². The standard InChI is InChI=1S/C27H28N2O6/c1-18-27(31)29(11-12-34-22-7-5-4-6-8-22)17-20-13-21(9-10-25(20)35-18)28-26(30)19-14-23(32-2)16-24(15-19)33-3/h4-10,13-16,18H,11-12,17H2,1-3H3,(H,28,30). The fourth-order valence-electron chi connectivity index (χ4n) is 3.80. The van der Waals surface area contributed by atoms with Crippen LogP contribution in [-0.2, 0) is 11.3 Å². The molecule has 8 heteroatoms. The zero-order valence-electron chi connectivity index (χ0n) is 19.9. The number of amides is 2. The van der Waals surface area contributed by atoms with Crippen molar-refractivity contribution in [1.82, 2.24) is 4.90 Å². The maximum Gasteiger partial charge on any atom is 0.263 e. The second kappa shape index (κ2) is 10.8. The Labute approximate surface area is 204 Å². The fraction of sp³-hybridized carbons (Fsp3) is 0.259. The zero-order chi connectivity index (χ0) is 24.8. The number of nitrogens with zero attached hydrogens (tertiary/aromatic N) is 1. The Balaban J connectivity index is 1.48. The molecule has 35 heavy (non-hydrogen) atoms. The summed E-state index contributed by atoms with van der Waals surface area (Å²) in [7, 11) is 3.06. The first-order valence-corrected chi connectivity index (χ1v) is 11.3. The van der Waals surface area contributed by atoms with Gasteiger partial charge in [0.05, 0.1) is 20.8 Å². The van der Waals surface area contributed by atoms with Crippen molar-refractivity contribution in [2.24, 2.45) is 0 Å². The number of para-hydroxylation sites is 1. The molecule has 0 aromatic heterocycles. The number of hydrogen-bond acceptors (Lipinski definition) is 6. The van der Waals surface area contributed by atoms with E-state index in [4.69, 9.17) is 18.9 Å². The molecule has 0 saturated heterocycles. The van der Waals surface area contributed by atoms with E-state index < -0.39 is 6.10 Å². The number of carbonyl (C=O) groups is 2. The summed E-state index contributed by atoms with van der Waals surface area (Å²) < 4.78 is 22.2. The molecule has 0 saturated carbocycles. The van der Waals surface area contributed by atoms with Crippen LogP contribution in [0.3, 0.4) is 0 Å². The molecule has 3 aromatic rings. The molecule has 0 fully saturated rings. The fourth-order valence-corrected chi connectivity index (χ4v) is 3.80. The molecule has 1 aliphatic heterocycles. The van der Waals surface area contributed by atoms with Crippen LogP contribution in [0.25, 0.3) is 0 Å². The normalized spacial score (nSPS) is 14.9. The van der Waals surface area contributed by atoms with Crippen molar-refractivity contribution in [3.63, 3.8) is 0 Å². The summed E-state index contributed by atoms with van der Waals surface area (Å²) in [5, 5.41) is 2.90. The molecule has 0 spiro atoms. The number of nitrogens with one attached hydrogen (secondary N) is 1. The third-order valence-electron chi connectivity index (χ3n) is 5.63. The van der Waals surface area contributed by atoms with E-state index in [0.29, 0.717) is 48.2 Å². The smallest absolute Gasteiger partial charge is 0.263 e. The van der Waals surface area contributed by atoms with E-state index in [2.05, 4.69) is 5.32 Å². The van der Waals surface area contributed by atoms with E-state index in [9.17, 15) is 9.59 Å². The van der Waals surface area contributed by atoms with Crippen LogP contribution in [0.5, 0.6) is 23.0 Å². The van der Waals surface area contributed by atoms with Gasteiger partial charge in [-0.15, -0.1) is 0 Å². The van der Waals surface area contributed by atoms with Crippen LogP contribution in [0.2, 0.25) is 0 Å². The number of fused-ring (bicyclic) bond motifs is 1. The molecule has 3 aromatic carbocycles. The summed E-state index contributed by atoms with van der Waals surface area (Å²) in [6.45, 7) is 2.83. The first-order chi connectivity index (χ1) is 17.0. The Kier molecular flexibility index (Phi) is 7.40. The molecule has 1 atom stereocenters. The molecule has 1 unspecified atom stereocenters. The monoisotopic (exact) mass is 476 g/mol. The molecule has 1 N–H and O–H groups in total. The highest BCUT2D eigenvalue weighted by Gasteiger charge is 2.28. The molecule has 0 bridgehead atoms. The quantitative estimate of drug-likeness (QED) is 0.526. The van der Waals surface area contributed by atoms with Gasteiger partial charge in [-0.05, 0) is 49.4 Å². The number of rotatable bonds is 8. The number of hydrogen-bond donors (Lipinski definition) is 1. The predicted octanol–water partition coefficient (Wildman–Crippen LogP) is 4.14. The maximum atomic E-state index is 12.9. The van der Waals surface area contributed by atoms with Crippen molar-refractivity contribution in [2.75, 3.05) is 32.7 Å². The SMILES string of the molecule is COc1cc(OC)cc(C(=O)Nc2ccc3c(c2)CN(CCOc2ccccc2)C(=O)C(C)O3)c1. The van der Waals surface area contributed by atoms with Crippen LogP contribution in [-0.4, -0.2) is 50.2 Å². The summed E-state index contributed by atoms with van der Waals surface area (Å²) >= 11 is 0. The van der Waals surface area contributed by atoms with Crippen LogP contribution in [0, 0.1) is 0 Å². The van der Waals surface area contributed by atoms with Gasteiger partial charge in [-0.1, -0.05) is 18.2 Å². The summed E-state index contributed by atoms with van der Waals surface area (Å²) in [5.74, 6) is 1.97. The van der Waals surface area contributed by atoms with Gasteiger partial charge in [0.1, 0.15) is 29.6 Å². The largest absolute Gasteiger partial charge is 0.497 e. The molecule has 0 radical (unpaired) electrons. The van der Waals surface area contributed by atoms with Gasteiger partial charge in [-0.25, -0.2) is 0 Å². The van der Waals surface area contributed by atoms with Gasteiger partial charge in [0, 0.05) is 29.4 Å². The predicted molar refractivity (Wildman–Crippen MR) is 131 cm³/mol. The zero-order valence-corrected chi connectivity index (χ0v) is 19.9. The van der Waals surface area contributed by atoms with Gasteiger partial charge in [0.15, 0.2) is 6.10 Å². The summed E-state index contributed by atoms with van der Waals surface area (Å²) in [6, 6.07) is 19.8. The van der Waals surface area contributed by atoms with Crippen LogP contribution in [0.1, 0.15) is 22.8 Å². The lowest BCUT2D eigenvalue weighted by atomic mass is 10.1. The average molecular weight is 477 g/mol. The van der Waals surface area contributed by atoms with Crippen molar-refractivity contribution >= 4 is 17.5 Å². The summed E-state index contributed by atoms with van der Waals surface area (Å²) in [6.07, 6.45) is -0.627. The lowest BCUT2D eigenvalue weighted by Gasteiger charge is -2.22. The Morgan fingerprint density at radius 3 is 2.40 bits per heavy atom. The minimum atomic E-state index is -0.627. The topological polar surface area (TPSA) is 86.3 Å². The Morgan fingerprint density at radius 2 is 1.71 bits per heavy atom. The highest BCUT2D eigenvalue weighted by atomic mass is 16.5.